The van der Waals surface area contributed by atoms with E-state index < -0.39 is 0 Å². The molecule has 2 N–H and O–H groups in total. The van der Waals surface area contributed by atoms with Gasteiger partial charge in [-0.3, -0.25) is 9.89 Å². The molecule has 1 unspecified atom stereocenters. The van der Waals surface area contributed by atoms with Crippen LogP contribution in [0.2, 0.25) is 0 Å². The summed E-state index contributed by atoms with van der Waals surface area (Å²) in [4.78, 5) is 9.07. The number of guanidine groups is 1. The number of likely N-dealkylation sites (N-methyl/N-ethyl adjacent to an activating group) is 1. The van der Waals surface area contributed by atoms with Crippen molar-refractivity contribution >= 4 is 29.9 Å². The number of morpholine rings is 1. The molecule has 1 heterocycles. The smallest absolute Gasteiger partial charge is 0.191 e. The van der Waals surface area contributed by atoms with E-state index >= 15 is 0 Å². The average molecular weight is 535 g/mol. The summed E-state index contributed by atoms with van der Waals surface area (Å²) >= 11 is 0. The number of hydrogen-bond donors (Lipinski definition) is 2. The molecule has 0 spiro atoms. The SMILES string of the molecule is CN=C(NCCN(C)CCOC)NCC(c1ccc(OC)cc1)N1CCOCC1.I. The van der Waals surface area contributed by atoms with Gasteiger partial charge < -0.3 is 29.7 Å². The zero-order valence-corrected chi connectivity index (χ0v) is 21.1. The molecule has 0 aliphatic carbocycles. The second-order valence-corrected chi connectivity index (χ2v) is 7.11. The summed E-state index contributed by atoms with van der Waals surface area (Å²) < 4.78 is 16.0. The second kappa shape index (κ2) is 15.6. The first-order valence-electron chi connectivity index (χ1n) is 10.3. The van der Waals surface area contributed by atoms with Crippen molar-refractivity contribution in [3.8, 4) is 5.75 Å². The van der Waals surface area contributed by atoms with E-state index in [0.29, 0.717) is 0 Å². The standard InChI is InChI=1S/C21H37N5O3.HI/c1-22-21(23-9-10-25(2)11-14-27-3)24-17-20(26-12-15-29-16-13-26)18-5-7-19(28-4)8-6-18;/h5-8,20H,9-17H2,1-4H3,(H2,22,23,24);1H. The van der Waals surface area contributed by atoms with E-state index in [9.17, 15) is 0 Å². The van der Waals surface area contributed by atoms with Gasteiger partial charge in [0.25, 0.3) is 0 Å². The van der Waals surface area contributed by atoms with E-state index in [0.717, 1.165) is 70.8 Å². The Hall–Kier alpha value is -1.14. The van der Waals surface area contributed by atoms with Crippen molar-refractivity contribution in [3.63, 3.8) is 0 Å². The highest BCUT2D eigenvalue weighted by Gasteiger charge is 2.23. The summed E-state index contributed by atoms with van der Waals surface area (Å²) in [6, 6.07) is 8.56. The molecule has 1 fully saturated rings. The Morgan fingerprint density at radius 1 is 1.17 bits per heavy atom. The van der Waals surface area contributed by atoms with E-state index in [-0.39, 0.29) is 30.0 Å². The topological polar surface area (TPSA) is 70.6 Å². The van der Waals surface area contributed by atoms with Crippen molar-refractivity contribution in [2.24, 2.45) is 4.99 Å². The molecule has 1 saturated heterocycles. The Kier molecular flexibility index (Phi) is 14.0. The summed E-state index contributed by atoms with van der Waals surface area (Å²) in [6.45, 7) is 7.57. The van der Waals surface area contributed by atoms with Gasteiger partial charge in [-0.25, -0.2) is 0 Å². The molecular weight excluding hydrogens is 497 g/mol. The monoisotopic (exact) mass is 535 g/mol. The number of benzene rings is 1. The van der Waals surface area contributed by atoms with Crippen molar-refractivity contribution in [3.05, 3.63) is 29.8 Å². The fourth-order valence-electron chi connectivity index (χ4n) is 3.31. The number of methoxy groups -OCH3 is 2. The summed E-state index contributed by atoms with van der Waals surface area (Å²) in [5.74, 6) is 1.69. The first-order valence-corrected chi connectivity index (χ1v) is 10.3. The largest absolute Gasteiger partial charge is 0.497 e. The zero-order valence-electron chi connectivity index (χ0n) is 18.7. The van der Waals surface area contributed by atoms with Crippen molar-refractivity contribution in [2.75, 3.05) is 87.4 Å². The predicted octanol–water partition coefficient (Wildman–Crippen LogP) is 1.43. The Morgan fingerprint density at radius 2 is 1.87 bits per heavy atom. The molecule has 0 bridgehead atoms. The van der Waals surface area contributed by atoms with Gasteiger partial charge in [-0.15, -0.1) is 24.0 Å². The van der Waals surface area contributed by atoms with Crippen LogP contribution in [0.25, 0.3) is 0 Å². The minimum absolute atomic E-state index is 0. The van der Waals surface area contributed by atoms with Crippen LogP contribution in [0.4, 0.5) is 0 Å². The lowest BCUT2D eigenvalue weighted by atomic mass is 10.0. The number of rotatable bonds is 11. The van der Waals surface area contributed by atoms with E-state index in [1.54, 1.807) is 21.3 Å². The molecule has 0 saturated carbocycles. The maximum Gasteiger partial charge on any atom is 0.191 e. The summed E-state index contributed by atoms with van der Waals surface area (Å²) in [5.41, 5.74) is 1.26. The molecule has 9 heteroatoms. The van der Waals surface area contributed by atoms with Gasteiger partial charge in [0.05, 0.1) is 33.0 Å². The van der Waals surface area contributed by atoms with Gasteiger partial charge in [0, 0.05) is 53.4 Å². The quantitative estimate of drug-likeness (QED) is 0.253. The molecule has 0 aromatic heterocycles. The van der Waals surface area contributed by atoms with Crippen LogP contribution in [0.1, 0.15) is 11.6 Å². The Bertz CT molecular complexity index is 597. The average Bonchev–Trinajstić information content (AvgIpc) is 2.77. The minimum Gasteiger partial charge on any atom is -0.497 e. The maximum absolute atomic E-state index is 5.54. The van der Waals surface area contributed by atoms with Crippen LogP contribution >= 0.6 is 24.0 Å². The van der Waals surface area contributed by atoms with Crippen molar-refractivity contribution in [1.29, 1.82) is 0 Å². The highest BCUT2D eigenvalue weighted by molar-refractivity contribution is 14.0. The molecule has 2 rings (SSSR count). The third kappa shape index (κ3) is 9.34. The highest BCUT2D eigenvalue weighted by atomic mass is 127. The normalized spacial score (nSPS) is 16.1. The van der Waals surface area contributed by atoms with Crippen LogP contribution in [0, 0.1) is 0 Å². The Balaban J connectivity index is 0.00000450. The van der Waals surface area contributed by atoms with E-state index in [2.05, 4.69) is 44.6 Å². The lowest BCUT2D eigenvalue weighted by Crippen LogP contribution is -2.47. The van der Waals surface area contributed by atoms with Crippen LogP contribution in [0.15, 0.2) is 29.3 Å². The summed E-state index contributed by atoms with van der Waals surface area (Å²) in [6.07, 6.45) is 0. The number of hydrogen-bond acceptors (Lipinski definition) is 6. The van der Waals surface area contributed by atoms with Crippen molar-refractivity contribution < 1.29 is 14.2 Å². The summed E-state index contributed by atoms with van der Waals surface area (Å²) in [5, 5.41) is 6.89. The van der Waals surface area contributed by atoms with Gasteiger partial charge in [-0.2, -0.15) is 0 Å². The van der Waals surface area contributed by atoms with Gasteiger partial charge >= 0.3 is 0 Å². The number of nitrogens with one attached hydrogen (secondary N) is 2. The number of nitrogens with zero attached hydrogens (tertiary/aromatic N) is 3. The fourth-order valence-corrected chi connectivity index (χ4v) is 3.31. The summed E-state index contributed by atoms with van der Waals surface area (Å²) in [7, 11) is 7.32. The number of aliphatic imine (C=N–C) groups is 1. The molecule has 1 aromatic rings. The lowest BCUT2D eigenvalue weighted by molar-refractivity contribution is 0.0170. The molecule has 0 radical (unpaired) electrons. The first kappa shape index (κ1) is 26.9. The Labute approximate surface area is 198 Å². The molecule has 30 heavy (non-hydrogen) atoms. The Morgan fingerprint density at radius 3 is 2.47 bits per heavy atom. The molecule has 1 aliphatic heterocycles. The molecule has 0 amide bonds. The third-order valence-corrected chi connectivity index (χ3v) is 5.14. The predicted molar refractivity (Wildman–Crippen MR) is 132 cm³/mol. The van der Waals surface area contributed by atoms with Gasteiger partial charge in [0.1, 0.15) is 5.75 Å². The van der Waals surface area contributed by atoms with Crippen molar-refractivity contribution in [2.45, 2.75) is 6.04 Å². The van der Waals surface area contributed by atoms with Crippen LogP contribution in [-0.4, -0.2) is 103 Å². The van der Waals surface area contributed by atoms with Crippen LogP contribution in [-0.2, 0) is 9.47 Å². The molecule has 1 aromatic carbocycles. The number of halogens is 1. The first-order chi connectivity index (χ1) is 14.2. The van der Waals surface area contributed by atoms with Gasteiger partial charge in [-0.05, 0) is 24.7 Å². The minimum atomic E-state index is 0. The third-order valence-electron chi connectivity index (χ3n) is 5.14. The van der Waals surface area contributed by atoms with E-state index in [4.69, 9.17) is 14.2 Å². The zero-order chi connectivity index (χ0) is 20.9. The number of ether oxygens (including phenoxy) is 3. The van der Waals surface area contributed by atoms with E-state index in [1.165, 1.54) is 5.56 Å². The van der Waals surface area contributed by atoms with E-state index in [1.807, 2.05) is 12.1 Å². The van der Waals surface area contributed by atoms with Crippen LogP contribution in [0.5, 0.6) is 5.75 Å². The van der Waals surface area contributed by atoms with Gasteiger partial charge in [0.2, 0.25) is 0 Å². The van der Waals surface area contributed by atoms with Gasteiger partial charge in [0.15, 0.2) is 5.96 Å². The van der Waals surface area contributed by atoms with Gasteiger partial charge in [-0.1, -0.05) is 12.1 Å². The highest BCUT2D eigenvalue weighted by Crippen LogP contribution is 2.23. The second-order valence-electron chi connectivity index (χ2n) is 7.11. The van der Waals surface area contributed by atoms with Crippen LogP contribution in [0.3, 0.4) is 0 Å². The maximum atomic E-state index is 5.54. The van der Waals surface area contributed by atoms with Crippen LogP contribution < -0.4 is 15.4 Å². The molecule has 1 atom stereocenters. The molecule has 172 valence electrons. The molecular formula is C21H38IN5O3. The fraction of sp³-hybridized carbons (Fsp3) is 0.667. The molecule has 8 nitrogen and oxygen atoms in total. The molecule has 1 aliphatic rings. The lowest BCUT2D eigenvalue weighted by Gasteiger charge is -2.35. The van der Waals surface area contributed by atoms with Crippen molar-refractivity contribution in [1.82, 2.24) is 20.4 Å².